The Kier molecular flexibility index (Phi) is 3.29. The Morgan fingerprint density at radius 2 is 2.12 bits per heavy atom. The van der Waals surface area contributed by atoms with Crippen molar-refractivity contribution >= 4 is 0 Å². The maximum atomic E-state index is 5.68. The summed E-state index contributed by atoms with van der Waals surface area (Å²) in [5.41, 5.74) is 5.68. The molecule has 1 aliphatic carbocycles. The van der Waals surface area contributed by atoms with Crippen LogP contribution >= 0.6 is 0 Å². The van der Waals surface area contributed by atoms with Crippen LogP contribution in [0.2, 0.25) is 0 Å². The van der Waals surface area contributed by atoms with E-state index >= 15 is 0 Å². The van der Waals surface area contributed by atoms with Crippen LogP contribution < -0.4 is 15.2 Å². The first-order valence-electron chi connectivity index (χ1n) is 5.68. The van der Waals surface area contributed by atoms with Crippen molar-refractivity contribution in [1.29, 1.82) is 0 Å². The molecule has 1 aliphatic rings. The van der Waals surface area contributed by atoms with E-state index in [4.69, 9.17) is 15.2 Å². The Morgan fingerprint density at radius 3 is 2.62 bits per heavy atom. The lowest BCUT2D eigenvalue weighted by Gasteiger charge is -2.32. The average molecular weight is 222 g/mol. The molecule has 0 aromatic carbocycles. The minimum absolute atomic E-state index is 0.165. The molecule has 1 fully saturated rings. The number of nitrogens with zero attached hydrogens (tertiary/aromatic N) is 1. The van der Waals surface area contributed by atoms with Gasteiger partial charge in [0.05, 0.1) is 12.3 Å². The molecule has 0 spiro atoms. The van der Waals surface area contributed by atoms with E-state index in [-0.39, 0.29) is 12.2 Å². The van der Waals surface area contributed by atoms with Gasteiger partial charge in [-0.1, -0.05) is 0 Å². The van der Waals surface area contributed by atoms with Crippen molar-refractivity contribution in [2.75, 3.05) is 0 Å². The third kappa shape index (κ3) is 2.85. The highest BCUT2D eigenvalue weighted by atomic mass is 16.5. The summed E-state index contributed by atoms with van der Waals surface area (Å²) in [6.07, 6.45) is 3.93. The maximum absolute atomic E-state index is 5.68. The Labute approximate surface area is 95.8 Å². The highest BCUT2D eigenvalue weighted by molar-refractivity contribution is 5.23. The van der Waals surface area contributed by atoms with Crippen molar-refractivity contribution in [3.63, 3.8) is 0 Å². The fourth-order valence-electron chi connectivity index (χ4n) is 1.65. The monoisotopic (exact) mass is 222 g/mol. The van der Waals surface area contributed by atoms with E-state index in [1.165, 1.54) is 0 Å². The number of ether oxygens (including phenoxy) is 2. The molecule has 4 heteroatoms. The molecule has 1 aromatic rings. The summed E-state index contributed by atoms with van der Waals surface area (Å²) in [4.78, 5) is 4.19. The zero-order valence-electron chi connectivity index (χ0n) is 9.72. The zero-order chi connectivity index (χ0) is 11.5. The lowest BCUT2D eigenvalue weighted by molar-refractivity contribution is 0.0955. The van der Waals surface area contributed by atoms with Gasteiger partial charge in [0, 0.05) is 12.1 Å². The molecular formula is C12H18N2O2. The number of aromatic nitrogens is 1. The van der Waals surface area contributed by atoms with Crippen LogP contribution in [0.1, 0.15) is 26.7 Å². The molecule has 0 atom stereocenters. The molecule has 0 bridgehead atoms. The van der Waals surface area contributed by atoms with Crippen LogP contribution in [0.4, 0.5) is 0 Å². The minimum Gasteiger partial charge on any atom is -0.489 e. The van der Waals surface area contributed by atoms with Crippen molar-refractivity contribution < 1.29 is 9.47 Å². The predicted octanol–water partition coefficient (Wildman–Crippen LogP) is 1.74. The second kappa shape index (κ2) is 4.70. The summed E-state index contributed by atoms with van der Waals surface area (Å²) in [5, 5.41) is 0. The number of hydrogen-bond acceptors (Lipinski definition) is 4. The van der Waals surface area contributed by atoms with Crippen molar-refractivity contribution in [3.8, 4) is 11.6 Å². The van der Waals surface area contributed by atoms with Crippen LogP contribution in [-0.2, 0) is 0 Å². The smallest absolute Gasteiger partial charge is 0.213 e. The van der Waals surface area contributed by atoms with Gasteiger partial charge in [0.15, 0.2) is 0 Å². The normalized spacial score (nSPS) is 24.0. The van der Waals surface area contributed by atoms with E-state index in [9.17, 15) is 0 Å². The van der Waals surface area contributed by atoms with E-state index in [0.717, 1.165) is 18.6 Å². The number of nitrogens with two attached hydrogens (primary N) is 1. The molecule has 2 rings (SSSR count). The van der Waals surface area contributed by atoms with Gasteiger partial charge in [-0.05, 0) is 32.8 Å². The first-order valence-corrected chi connectivity index (χ1v) is 5.68. The Balaban J connectivity index is 1.87. The maximum Gasteiger partial charge on any atom is 0.213 e. The quantitative estimate of drug-likeness (QED) is 0.843. The summed E-state index contributed by atoms with van der Waals surface area (Å²) < 4.78 is 11.1. The Hall–Kier alpha value is -1.29. The highest BCUT2D eigenvalue weighted by Gasteiger charge is 2.27. The van der Waals surface area contributed by atoms with Gasteiger partial charge in [-0.15, -0.1) is 0 Å². The number of rotatable bonds is 4. The molecule has 4 nitrogen and oxygen atoms in total. The molecule has 1 heterocycles. The molecule has 16 heavy (non-hydrogen) atoms. The van der Waals surface area contributed by atoms with Gasteiger partial charge >= 0.3 is 0 Å². The van der Waals surface area contributed by atoms with E-state index in [0.29, 0.717) is 11.9 Å². The van der Waals surface area contributed by atoms with E-state index < -0.39 is 0 Å². The summed E-state index contributed by atoms with van der Waals surface area (Å²) in [7, 11) is 0. The third-order valence-corrected chi connectivity index (χ3v) is 2.50. The molecule has 1 aromatic heterocycles. The lowest BCUT2D eigenvalue weighted by Crippen LogP contribution is -2.43. The lowest BCUT2D eigenvalue weighted by atomic mass is 9.90. The molecule has 88 valence electrons. The summed E-state index contributed by atoms with van der Waals surface area (Å²) in [6.45, 7) is 3.97. The van der Waals surface area contributed by atoms with Crippen molar-refractivity contribution in [2.45, 2.75) is 44.9 Å². The summed E-state index contributed by atoms with van der Waals surface area (Å²) in [6, 6.07) is 4.01. The third-order valence-electron chi connectivity index (χ3n) is 2.50. The molecular weight excluding hydrogens is 204 g/mol. The van der Waals surface area contributed by atoms with Gasteiger partial charge in [0.1, 0.15) is 11.9 Å². The van der Waals surface area contributed by atoms with Crippen molar-refractivity contribution in [2.24, 2.45) is 5.73 Å². The fourth-order valence-corrected chi connectivity index (χ4v) is 1.65. The van der Waals surface area contributed by atoms with Crippen LogP contribution in [-0.4, -0.2) is 23.2 Å². The van der Waals surface area contributed by atoms with Crippen LogP contribution in [0.25, 0.3) is 0 Å². The first kappa shape index (κ1) is 11.2. The SMILES string of the molecule is CC(C)Oc1ccc(O[C@H]2C[C@@H](N)C2)nc1. The molecule has 2 N–H and O–H groups in total. The van der Waals surface area contributed by atoms with Crippen LogP contribution in [0.15, 0.2) is 18.3 Å². The average Bonchev–Trinajstić information content (AvgIpc) is 2.18. The second-order valence-corrected chi connectivity index (χ2v) is 4.47. The molecule has 0 aliphatic heterocycles. The van der Waals surface area contributed by atoms with Gasteiger partial charge in [0.25, 0.3) is 0 Å². The van der Waals surface area contributed by atoms with Gasteiger partial charge in [-0.2, -0.15) is 0 Å². The summed E-state index contributed by atoms with van der Waals surface area (Å²) in [5.74, 6) is 1.42. The van der Waals surface area contributed by atoms with E-state index in [1.54, 1.807) is 6.20 Å². The van der Waals surface area contributed by atoms with Gasteiger partial charge in [-0.3, -0.25) is 0 Å². The topological polar surface area (TPSA) is 57.4 Å². The van der Waals surface area contributed by atoms with Crippen LogP contribution in [0.5, 0.6) is 11.6 Å². The fraction of sp³-hybridized carbons (Fsp3) is 0.583. The van der Waals surface area contributed by atoms with Crippen LogP contribution in [0.3, 0.4) is 0 Å². The van der Waals surface area contributed by atoms with Crippen LogP contribution in [0, 0.1) is 0 Å². The minimum atomic E-state index is 0.165. The Bertz CT molecular complexity index is 331. The van der Waals surface area contributed by atoms with Crippen molar-refractivity contribution in [1.82, 2.24) is 4.98 Å². The predicted molar refractivity (Wildman–Crippen MR) is 61.6 cm³/mol. The largest absolute Gasteiger partial charge is 0.489 e. The molecule has 0 amide bonds. The van der Waals surface area contributed by atoms with Gasteiger partial charge in [-0.25, -0.2) is 4.98 Å². The summed E-state index contributed by atoms with van der Waals surface area (Å²) >= 11 is 0. The number of pyridine rings is 1. The second-order valence-electron chi connectivity index (χ2n) is 4.47. The highest BCUT2D eigenvalue weighted by Crippen LogP contribution is 2.24. The standard InChI is InChI=1S/C12H18N2O2/c1-8(2)15-10-3-4-12(14-7-10)16-11-5-9(13)6-11/h3-4,7-9,11H,5-6,13H2,1-2H3/t9-,11+. The molecule has 0 radical (unpaired) electrons. The Morgan fingerprint density at radius 1 is 1.38 bits per heavy atom. The molecule has 0 saturated heterocycles. The zero-order valence-corrected chi connectivity index (χ0v) is 9.72. The van der Waals surface area contributed by atoms with E-state index in [1.807, 2.05) is 26.0 Å². The molecule has 1 saturated carbocycles. The van der Waals surface area contributed by atoms with E-state index in [2.05, 4.69) is 4.98 Å². The number of hydrogen-bond donors (Lipinski definition) is 1. The van der Waals surface area contributed by atoms with Crippen molar-refractivity contribution in [3.05, 3.63) is 18.3 Å². The molecule has 0 unspecified atom stereocenters. The first-order chi connectivity index (χ1) is 7.63. The van der Waals surface area contributed by atoms with Gasteiger partial charge < -0.3 is 15.2 Å². The van der Waals surface area contributed by atoms with Gasteiger partial charge in [0.2, 0.25) is 5.88 Å².